The van der Waals surface area contributed by atoms with Gasteiger partial charge in [-0.1, -0.05) is 13.0 Å². The highest BCUT2D eigenvalue weighted by atomic mass is 32.2. The van der Waals surface area contributed by atoms with Crippen molar-refractivity contribution in [3.05, 3.63) is 24.3 Å². The van der Waals surface area contributed by atoms with E-state index in [1.807, 2.05) is 6.92 Å². The average molecular weight is 340 g/mol. The lowest BCUT2D eigenvalue weighted by molar-refractivity contribution is -0.143. The third kappa shape index (κ3) is 4.44. The number of aliphatic carboxylic acids is 1. The zero-order chi connectivity index (χ0) is 17.2. The lowest BCUT2D eigenvalue weighted by Crippen LogP contribution is -2.47. The van der Waals surface area contributed by atoms with Crippen LogP contribution in [-0.2, 0) is 14.6 Å². The van der Waals surface area contributed by atoms with E-state index in [0.717, 1.165) is 6.26 Å². The zero-order valence-electron chi connectivity index (χ0n) is 13.0. The first-order chi connectivity index (χ1) is 10.7. The first-order valence-corrected chi connectivity index (χ1v) is 9.15. The van der Waals surface area contributed by atoms with Gasteiger partial charge < -0.3 is 15.3 Å². The van der Waals surface area contributed by atoms with Gasteiger partial charge in [-0.2, -0.15) is 0 Å². The van der Waals surface area contributed by atoms with Gasteiger partial charge in [-0.05, 0) is 30.5 Å². The summed E-state index contributed by atoms with van der Waals surface area (Å²) >= 11 is 0. The lowest BCUT2D eigenvalue weighted by Gasteiger charge is -2.34. The number of nitrogens with zero attached hydrogens (tertiary/aromatic N) is 1. The monoisotopic (exact) mass is 340 g/mol. The maximum absolute atomic E-state index is 12.3. The molecule has 0 saturated carbocycles. The molecule has 1 aromatic rings. The van der Waals surface area contributed by atoms with Crippen molar-refractivity contribution >= 4 is 27.5 Å². The van der Waals surface area contributed by atoms with Crippen LogP contribution >= 0.6 is 0 Å². The topological polar surface area (TPSA) is 104 Å². The van der Waals surface area contributed by atoms with Crippen molar-refractivity contribution in [3.63, 3.8) is 0 Å². The molecular formula is C15H20N2O5S. The quantitative estimate of drug-likeness (QED) is 0.871. The van der Waals surface area contributed by atoms with E-state index < -0.39 is 27.8 Å². The van der Waals surface area contributed by atoms with Crippen molar-refractivity contribution < 1.29 is 23.1 Å². The molecule has 1 aliphatic heterocycles. The number of urea groups is 1. The van der Waals surface area contributed by atoms with Crippen LogP contribution < -0.4 is 5.32 Å². The Kier molecular flexibility index (Phi) is 4.93. The number of sulfone groups is 1. The molecule has 2 unspecified atom stereocenters. The molecule has 1 saturated heterocycles. The number of benzene rings is 1. The number of anilines is 1. The molecule has 0 bridgehead atoms. The summed E-state index contributed by atoms with van der Waals surface area (Å²) < 4.78 is 23.1. The van der Waals surface area contributed by atoms with E-state index in [1.165, 1.54) is 17.0 Å². The highest BCUT2D eigenvalue weighted by Gasteiger charge is 2.31. The van der Waals surface area contributed by atoms with Crippen LogP contribution in [0.1, 0.15) is 13.3 Å². The average Bonchev–Trinajstić information content (AvgIpc) is 2.46. The van der Waals surface area contributed by atoms with Crippen molar-refractivity contribution in [3.8, 4) is 0 Å². The molecule has 2 atom stereocenters. The number of likely N-dealkylation sites (tertiary alicyclic amines) is 1. The first-order valence-electron chi connectivity index (χ1n) is 7.25. The lowest BCUT2D eigenvalue weighted by atomic mass is 9.91. The molecule has 23 heavy (non-hydrogen) atoms. The van der Waals surface area contributed by atoms with Gasteiger partial charge in [-0.3, -0.25) is 4.79 Å². The molecule has 1 aliphatic rings. The van der Waals surface area contributed by atoms with Gasteiger partial charge in [0.2, 0.25) is 0 Å². The molecule has 0 aliphatic carbocycles. The maximum Gasteiger partial charge on any atom is 0.321 e. The molecule has 126 valence electrons. The highest BCUT2D eigenvalue weighted by molar-refractivity contribution is 7.90. The third-order valence-electron chi connectivity index (χ3n) is 3.81. The minimum Gasteiger partial charge on any atom is -0.481 e. The van der Waals surface area contributed by atoms with Gasteiger partial charge in [0.1, 0.15) is 0 Å². The second-order valence-electron chi connectivity index (χ2n) is 6.01. The minimum absolute atomic E-state index is 0.0953. The van der Waals surface area contributed by atoms with Crippen LogP contribution in [0.2, 0.25) is 0 Å². The summed E-state index contributed by atoms with van der Waals surface area (Å²) in [5, 5.41) is 11.8. The molecule has 7 nitrogen and oxygen atoms in total. The molecule has 8 heteroatoms. The van der Waals surface area contributed by atoms with Crippen molar-refractivity contribution in [2.45, 2.75) is 18.2 Å². The normalized spacial score (nSPS) is 21.7. The Hall–Kier alpha value is -2.09. The maximum atomic E-state index is 12.3. The predicted octanol–water partition coefficient (Wildman–Crippen LogP) is 1.66. The Morgan fingerprint density at radius 2 is 2.00 bits per heavy atom. The summed E-state index contributed by atoms with van der Waals surface area (Å²) in [7, 11) is -3.36. The number of piperidine rings is 1. The smallest absolute Gasteiger partial charge is 0.321 e. The Bertz CT molecular complexity index is 716. The van der Waals surface area contributed by atoms with Crippen LogP contribution in [0.15, 0.2) is 29.2 Å². The molecule has 0 spiro atoms. The predicted molar refractivity (Wildman–Crippen MR) is 85.1 cm³/mol. The van der Waals surface area contributed by atoms with E-state index in [2.05, 4.69) is 5.32 Å². The molecule has 1 heterocycles. The number of carbonyl (C=O) groups is 2. The summed E-state index contributed by atoms with van der Waals surface area (Å²) in [5.41, 5.74) is 0.364. The number of carboxylic acid groups (broad SMARTS) is 1. The van der Waals surface area contributed by atoms with Crippen LogP contribution in [-0.4, -0.2) is 49.8 Å². The number of hydrogen-bond acceptors (Lipinski definition) is 4. The van der Waals surface area contributed by atoms with E-state index in [-0.39, 0.29) is 17.4 Å². The van der Waals surface area contributed by atoms with Crippen molar-refractivity contribution in [1.29, 1.82) is 0 Å². The number of nitrogens with one attached hydrogen (secondary N) is 1. The van der Waals surface area contributed by atoms with E-state index in [9.17, 15) is 18.0 Å². The summed E-state index contributed by atoms with van der Waals surface area (Å²) in [4.78, 5) is 25.0. The Morgan fingerprint density at radius 3 is 2.61 bits per heavy atom. The van der Waals surface area contributed by atoms with Gasteiger partial charge >= 0.3 is 12.0 Å². The second-order valence-corrected chi connectivity index (χ2v) is 8.03. The Balaban J connectivity index is 2.11. The van der Waals surface area contributed by atoms with Gasteiger partial charge in [-0.25, -0.2) is 13.2 Å². The molecule has 2 rings (SSSR count). The summed E-state index contributed by atoms with van der Waals surface area (Å²) in [6.45, 7) is 2.53. The zero-order valence-corrected chi connectivity index (χ0v) is 13.8. The van der Waals surface area contributed by atoms with E-state index >= 15 is 0 Å². The van der Waals surface area contributed by atoms with Crippen LogP contribution in [0, 0.1) is 11.8 Å². The first kappa shape index (κ1) is 17.3. The molecule has 2 amide bonds. The van der Waals surface area contributed by atoms with Gasteiger partial charge in [-0.15, -0.1) is 0 Å². The van der Waals surface area contributed by atoms with Crippen LogP contribution in [0.4, 0.5) is 10.5 Å². The van der Waals surface area contributed by atoms with Crippen molar-refractivity contribution in [1.82, 2.24) is 4.90 Å². The van der Waals surface area contributed by atoms with E-state index in [1.54, 1.807) is 12.1 Å². The number of rotatable bonds is 3. The minimum atomic E-state index is -3.36. The molecule has 1 aromatic carbocycles. The highest BCUT2D eigenvalue weighted by Crippen LogP contribution is 2.23. The van der Waals surface area contributed by atoms with Crippen LogP contribution in [0.3, 0.4) is 0 Å². The van der Waals surface area contributed by atoms with Gasteiger partial charge in [0.25, 0.3) is 0 Å². The number of amides is 2. The molecule has 2 N–H and O–H groups in total. The van der Waals surface area contributed by atoms with E-state index in [0.29, 0.717) is 18.7 Å². The Labute approximate surface area is 135 Å². The van der Waals surface area contributed by atoms with Crippen molar-refractivity contribution in [2.75, 3.05) is 24.7 Å². The summed E-state index contributed by atoms with van der Waals surface area (Å²) in [6, 6.07) is 5.55. The fourth-order valence-electron chi connectivity index (χ4n) is 2.70. The van der Waals surface area contributed by atoms with Crippen LogP contribution in [0.25, 0.3) is 0 Å². The molecule has 0 aromatic heterocycles. The fraction of sp³-hybridized carbons (Fsp3) is 0.467. The SMILES string of the molecule is CC1CC(C(=O)O)CN(C(=O)Nc2cccc(S(C)(=O)=O)c2)C1. The van der Waals surface area contributed by atoms with Crippen molar-refractivity contribution in [2.24, 2.45) is 11.8 Å². The largest absolute Gasteiger partial charge is 0.481 e. The summed E-state index contributed by atoms with van der Waals surface area (Å²) in [6.07, 6.45) is 1.64. The molecular weight excluding hydrogens is 320 g/mol. The number of carbonyl (C=O) groups excluding carboxylic acids is 1. The van der Waals surface area contributed by atoms with Gasteiger partial charge in [0.15, 0.2) is 9.84 Å². The molecule has 0 radical (unpaired) electrons. The number of hydrogen-bond donors (Lipinski definition) is 2. The van der Waals surface area contributed by atoms with Gasteiger partial charge in [0, 0.05) is 25.0 Å². The van der Waals surface area contributed by atoms with E-state index in [4.69, 9.17) is 5.11 Å². The number of carboxylic acids is 1. The molecule has 1 fully saturated rings. The third-order valence-corrected chi connectivity index (χ3v) is 4.92. The Morgan fingerprint density at radius 1 is 1.30 bits per heavy atom. The van der Waals surface area contributed by atoms with Gasteiger partial charge in [0.05, 0.1) is 10.8 Å². The van der Waals surface area contributed by atoms with Crippen LogP contribution in [0.5, 0.6) is 0 Å². The summed E-state index contributed by atoms with van der Waals surface area (Å²) in [5.74, 6) is -1.39. The standard InChI is InChI=1S/C15H20N2O5S/c1-10-6-11(14(18)19)9-17(8-10)15(20)16-12-4-3-5-13(7-12)23(2,21)22/h3-5,7,10-11H,6,8-9H2,1-2H3,(H,16,20)(H,18,19). The fourth-order valence-corrected chi connectivity index (χ4v) is 3.37. The second kappa shape index (κ2) is 6.57.